The fraction of sp³-hybridized carbons (Fsp3) is 0.250. The molecule has 1 atom stereocenters. The van der Waals surface area contributed by atoms with Gasteiger partial charge in [-0.15, -0.1) is 0 Å². The molecule has 0 spiro atoms. The zero-order chi connectivity index (χ0) is 19.4. The summed E-state index contributed by atoms with van der Waals surface area (Å²) >= 11 is 1.13. The first-order valence-electron chi connectivity index (χ1n) is 8.49. The van der Waals surface area contributed by atoms with E-state index >= 15 is 0 Å². The third-order valence-electron chi connectivity index (χ3n) is 3.99. The van der Waals surface area contributed by atoms with E-state index in [9.17, 15) is 9.59 Å². The number of para-hydroxylation sites is 3. The smallest absolute Gasteiger partial charge is 0.317 e. The first-order valence-corrected chi connectivity index (χ1v) is 9.47. The number of amides is 1. The van der Waals surface area contributed by atoms with Crippen LogP contribution in [0, 0.1) is 13.8 Å². The molecule has 3 aromatic rings. The van der Waals surface area contributed by atoms with Gasteiger partial charge in [0.25, 0.3) is 11.1 Å². The molecule has 0 bridgehead atoms. The van der Waals surface area contributed by atoms with Gasteiger partial charge in [-0.2, -0.15) is 0 Å². The number of thioether (sulfide) groups is 1. The minimum Gasteiger partial charge on any atom is -0.452 e. The molecule has 6 nitrogen and oxygen atoms in total. The number of rotatable bonds is 6. The first kappa shape index (κ1) is 19.0. The Bertz CT molecular complexity index is 930. The summed E-state index contributed by atoms with van der Waals surface area (Å²) in [5.41, 5.74) is 4.04. The van der Waals surface area contributed by atoms with Crippen molar-refractivity contribution >= 4 is 40.4 Å². The van der Waals surface area contributed by atoms with Gasteiger partial charge < -0.3 is 14.5 Å². The van der Waals surface area contributed by atoms with Gasteiger partial charge in [0.05, 0.1) is 0 Å². The number of nitrogens with one attached hydrogen (secondary N) is 1. The lowest BCUT2D eigenvalue weighted by Gasteiger charge is -2.16. The van der Waals surface area contributed by atoms with E-state index in [1.54, 1.807) is 6.92 Å². The van der Waals surface area contributed by atoms with Gasteiger partial charge in [0.2, 0.25) is 0 Å². The summed E-state index contributed by atoms with van der Waals surface area (Å²) in [6.07, 6.45) is -0.902. The molecular weight excluding hydrogens is 364 g/mol. The van der Waals surface area contributed by atoms with Crippen molar-refractivity contribution in [1.29, 1.82) is 0 Å². The topological polar surface area (TPSA) is 81.4 Å². The molecule has 1 amide bonds. The Morgan fingerprint density at radius 3 is 2.56 bits per heavy atom. The molecule has 0 aliphatic carbocycles. The number of fused-ring (bicyclic) bond motifs is 1. The number of anilines is 1. The van der Waals surface area contributed by atoms with Gasteiger partial charge in [0, 0.05) is 5.69 Å². The van der Waals surface area contributed by atoms with Gasteiger partial charge in [0.1, 0.15) is 11.3 Å². The van der Waals surface area contributed by atoms with E-state index < -0.39 is 12.1 Å². The maximum Gasteiger partial charge on any atom is 0.317 e. The molecule has 2 aromatic carbocycles. The normalized spacial score (nSPS) is 12.0. The lowest BCUT2D eigenvalue weighted by molar-refractivity contribution is -0.150. The average Bonchev–Trinajstić information content (AvgIpc) is 3.06. The SMILES string of the molecule is Cc1cccc(C)c1NC(=O)[C@@H](C)OC(=O)CSc1nc2ccccc2o1. The van der Waals surface area contributed by atoms with E-state index in [2.05, 4.69) is 10.3 Å². The van der Waals surface area contributed by atoms with E-state index in [0.29, 0.717) is 10.8 Å². The predicted octanol–water partition coefficient (Wildman–Crippen LogP) is 4.11. The maximum absolute atomic E-state index is 12.3. The summed E-state index contributed by atoms with van der Waals surface area (Å²) < 4.78 is 10.8. The van der Waals surface area contributed by atoms with Crippen LogP contribution in [0.3, 0.4) is 0 Å². The minimum absolute atomic E-state index is 0.00777. The number of carbonyl (C=O) groups excluding carboxylic acids is 2. The van der Waals surface area contributed by atoms with Crippen LogP contribution in [0.2, 0.25) is 0 Å². The van der Waals surface area contributed by atoms with Crippen molar-refractivity contribution in [3.8, 4) is 0 Å². The van der Waals surface area contributed by atoms with E-state index in [4.69, 9.17) is 9.15 Å². The summed E-state index contributed by atoms with van der Waals surface area (Å²) in [4.78, 5) is 28.6. The number of nitrogens with zero attached hydrogens (tertiary/aromatic N) is 1. The summed E-state index contributed by atoms with van der Waals surface area (Å²) in [6.45, 7) is 5.37. The lowest BCUT2D eigenvalue weighted by atomic mass is 10.1. The Morgan fingerprint density at radius 1 is 1.15 bits per heavy atom. The van der Waals surface area contributed by atoms with Crippen LogP contribution in [0.4, 0.5) is 5.69 Å². The molecule has 0 saturated heterocycles. The molecule has 0 fully saturated rings. The average molecular weight is 384 g/mol. The largest absolute Gasteiger partial charge is 0.452 e. The number of hydrogen-bond donors (Lipinski definition) is 1. The number of benzene rings is 2. The van der Waals surface area contributed by atoms with Crippen LogP contribution in [0.15, 0.2) is 52.1 Å². The Kier molecular flexibility index (Phi) is 5.81. The van der Waals surface area contributed by atoms with Crippen LogP contribution >= 0.6 is 11.8 Å². The van der Waals surface area contributed by atoms with Crippen molar-refractivity contribution in [3.05, 3.63) is 53.6 Å². The molecule has 140 valence electrons. The van der Waals surface area contributed by atoms with Crippen molar-refractivity contribution in [2.24, 2.45) is 0 Å². The summed E-state index contributed by atoms with van der Waals surface area (Å²) in [5, 5.41) is 3.21. The molecule has 27 heavy (non-hydrogen) atoms. The molecule has 0 unspecified atom stereocenters. The highest BCUT2D eigenvalue weighted by Gasteiger charge is 2.20. The van der Waals surface area contributed by atoms with Crippen LogP contribution in [0.25, 0.3) is 11.1 Å². The van der Waals surface area contributed by atoms with Gasteiger partial charge in [0.15, 0.2) is 11.7 Å². The van der Waals surface area contributed by atoms with Crippen LogP contribution in [0.5, 0.6) is 0 Å². The fourth-order valence-electron chi connectivity index (χ4n) is 2.55. The van der Waals surface area contributed by atoms with E-state index in [-0.39, 0.29) is 11.7 Å². The molecule has 1 heterocycles. The molecule has 1 aromatic heterocycles. The predicted molar refractivity (Wildman–Crippen MR) is 105 cm³/mol. The third-order valence-corrected chi connectivity index (χ3v) is 4.80. The van der Waals surface area contributed by atoms with Crippen molar-refractivity contribution < 1.29 is 18.7 Å². The Labute approximate surface area is 161 Å². The quantitative estimate of drug-likeness (QED) is 0.509. The van der Waals surface area contributed by atoms with Gasteiger partial charge in [-0.3, -0.25) is 9.59 Å². The summed E-state index contributed by atoms with van der Waals surface area (Å²) in [6, 6.07) is 13.1. The minimum atomic E-state index is -0.902. The van der Waals surface area contributed by atoms with E-state index in [1.807, 2.05) is 56.3 Å². The van der Waals surface area contributed by atoms with E-state index in [1.165, 1.54) is 0 Å². The van der Waals surface area contributed by atoms with Gasteiger partial charge >= 0.3 is 5.97 Å². The first-order chi connectivity index (χ1) is 12.9. The monoisotopic (exact) mass is 384 g/mol. The van der Waals surface area contributed by atoms with Gasteiger partial charge in [-0.05, 0) is 44.0 Å². The fourth-order valence-corrected chi connectivity index (χ4v) is 3.18. The Morgan fingerprint density at radius 2 is 1.85 bits per heavy atom. The zero-order valence-electron chi connectivity index (χ0n) is 15.3. The van der Waals surface area contributed by atoms with Crippen molar-refractivity contribution in [2.45, 2.75) is 32.1 Å². The number of hydrogen-bond acceptors (Lipinski definition) is 6. The van der Waals surface area contributed by atoms with Crippen molar-refractivity contribution in [2.75, 3.05) is 11.1 Å². The maximum atomic E-state index is 12.3. The second kappa shape index (κ2) is 8.26. The summed E-state index contributed by atoms with van der Waals surface area (Å²) in [5.74, 6) is -0.868. The number of oxazole rings is 1. The molecule has 0 saturated carbocycles. The summed E-state index contributed by atoms with van der Waals surface area (Å²) in [7, 11) is 0. The lowest BCUT2D eigenvalue weighted by Crippen LogP contribution is -2.31. The highest BCUT2D eigenvalue weighted by atomic mass is 32.2. The number of aryl methyl sites for hydroxylation is 2. The van der Waals surface area contributed by atoms with Crippen LogP contribution < -0.4 is 5.32 Å². The van der Waals surface area contributed by atoms with Crippen LogP contribution in [-0.4, -0.2) is 28.7 Å². The van der Waals surface area contributed by atoms with Crippen molar-refractivity contribution in [3.63, 3.8) is 0 Å². The van der Waals surface area contributed by atoms with Gasteiger partial charge in [-0.25, -0.2) is 4.98 Å². The number of carbonyl (C=O) groups is 2. The highest BCUT2D eigenvalue weighted by molar-refractivity contribution is 7.99. The molecule has 0 aliphatic heterocycles. The number of ether oxygens (including phenoxy) is 1. The van der Waals surface area contributed by atoms with Crippen LogP contribution in [0.1, 0.15) is 18.1 Å². The van der Waals surface area contributed by atoms with Gasteiger partial charge in [-0.1, -0.05) is 42.1 Å². The Hall–Kier alpha value is -2.80. The zero-order valence-corrected chi connectivity index (χ0v) is 16.1. The molecule has 0 radical (unpaired) electrons. The molecule has 0 aliphatic rings. The Balaban J connectivity index is 1.53. The van der Waals surface area contributed by atoms with E-state index in [0.717, 1.165) is 34.1 Å². The number of esters is 1. The third kappa shape index (κ3) is 4.68. The molecular formula is C20H20N2O4S. The number of aromatic nitrogens is 1. The second-order valence-electron chi connectivity index (χ2n) is 6.12. The van der Waals surface area contributed by atoms with Crippen LogP contribution in [-0.2, 0) is 14.3 Å². The highest BCUT2D eigenvalue weighted by Crippen LogP contribution is 2.23. The molecule has 3 rings (SSSR count). The second-order valence-corrected chi connectivity index (χ2v) is 7.05. The van der Waals surface area contributed by atoms with Crippen molar-refractivity contribution in [1.82, 2.24) is 4.98 Å². The standard InChI is InChI=1S/C20H20N2O4S/c1-12-7-6-8-13(2)18(12)22-19(24)14(3)25-17(23)11-27-20-21-15-9-4-5-10-16(15)26-20/h4-10,14H,11H2,1-3H3,(H,22,24)/t14-/m1/s1. The molecule has 7 heteroatoms. The molecule has 1 N–H and O–H groups in total.